The molecule has 0 fully saturated rings. The van der Waals surface area contributed by atoms with Crippen LogP contribution in [-0.4, -0.2) is 31.8 Å². The molecule has 33 heavy (non-hydrogen) atoms. The van der Waals surface area contributed by atoms with Crippen LogP contribution in [-0.2, 0) is 10.4 Å². The van der Waals surface area contributed by atoms with Crippen LogP contribution >= 0.6 is 11.6 Å². The van der Waals surface area contributed by atoms with Gasteiger partial charge in [0.2, 0.25) is 0 Å². The van der Waals surface area contributed by atoms with E-state index in [0.29, 0.717) is 27.1 Å². The predicted molar refractivity (Wildman–Crippen MR) is 125 cm³/mol. The smallest absolute Gasteiger partial charge is 0.328 e. The quantitative estimate of drug-likeness (QED) is 0.390. The van der Waals surface area contributed by atoms with Crippen LogP contribution in [0.1, 0.15) is 41.1 Å². The van der Waals surface area contributed by atoms with Crippen LogP contribution < -0.4 is 0 Å². The van der Waals surface area contributed by atoms with Crippen LogP contribution in [0.5, 0.6) is 0 Å². The maximum atomic E-state index is 13.8. The number of aliphatic hydroxyl groups is 1. The van der Waals surface area contributed by atoms with Gasteiger partial charge in [0.15, 0.2) is 5.76 Å². The van der Waals surface area contributed by atoms with Gasteiger partial charge in [0.1, 0.15) is 16.9 Å². The van der Waals surface area contributed by atoms with Gasteiger partial charge in [-0.1, -0.05) is 41.0 Å². The Balaban J connectivity index is 1.94. The molecule has 0 bridgehead atoms. The van der Waals surface area contributed by atoms with E-state index in [0.717, 1.165) is 11.6 Å². The van der Waals surface area contributed by atoms with Crippen molar-refractivity contribution in [1.82, 2.24) is 9.72 Å². The Morgan fingerprint density at radius 1 is 1.15 bits per heavy atom. The summed E-state index contributed by atoms with van der Waals surface area (Å²) in [5.74, 6) is -1.51. The van der Waals surface area contributed by atoms with Crippen molar-refractivity contribution in [3.8, 4) is 11.3 Å². The minimum absolute atomic E-state index is 0.0191. The molecule has 0 unspecified atom stereocenters. The van der Waals surface area contributed by atoms with Crippen LogP contribution in [0, 0.1) is 6.92 Å². The van der Waals surface area contributed by atoms with Crippen LogP contribution in [0.2, 0.25) is 5.02 Å². The van der Waals surface area contributed by atoms with Crippen molar-refractivity contribution < 1.29 is 24.3 Å². The molecule has 0 aliphatic heterocycles. The molecule has 2 N–H and O–H groups in total. The van der Waals surface area contributed by atoms with E-state index >= 15 is 0 Å². The van der Waals surface area contributed by atoms with Gasteiger partial charge in [-0.25, -0.2) is 4.79 Å². The SMILES string of the molecule is Cc1cccc(Cl)c1-c1noc(C(C)(C)O)c1C(=O)n1ccc2c(/C=C/C(=O)O)cccc21. The molecule has 0 aliphatic rings. The first-order chi connectivity index (χ1) is 15.6. The molecule has 4 rings (SSSR count). The van der Waals surface area contributed by atoms with Gasteiger partial charge in [-0.15, -0.1) is 0 Å². The van der Waals surface area contributed by atoms with E-state index in [1.807, 2.05) is 13.0 Å². The number of aryl methyl sites for hydroxylation is 1. The van der Waals surface area contributed by atoms with Crippen molar-refractivity contribution in [3.63, 3.8) is 0 Å². The molecule has 8 heteroatoms. The van der Waals surface area contributed by atoms with E-state index < -0.39 is 17.5 Å². The van der Waals surface area contributed by atoms with E-state index in [1.54, 1.807) is 42.6 Å². The highest BCUT2D eigenvalue weighted by molar-refractivity contribution is 6.33. The Hall–Kier alpha value is -3.68. The molecule has 4 aromatic rings. The summed E-state index contributed by atoms with van der Waals surface area (Å²) in [6, 6.07) is 12.3. The molecule has 0 amide bonds. The lowest BCUT2D eigenvalue weighted by atomic mass is 9.95. The summed E-state index contributed by atoms with van der Waals surface area (Å²) in [6.45, 7) is 4.87. The highest BCUT2D eigenvalue weighted by atomic mass is 35.5. The number of halogens is 1. The molecule has 0 saturated carbocycles. The zero-order chi connectivity index (χ0) is 23.9. The monoisotopic (exact) mass is 464 g/mol. The van der Waals surface area contributed by atoms with Gasteiger partial charge in [0.25, 0.3) is 5.91 Å². The number of hydrogen-bond acceptors (Lipinski definition) is 5. The Kier molecular flexibility index (Phi) is 5.69. The Bertz CT molecular complexity index is 1400. The summed E-state index contributed by atoms with van der Waals surface area (Å²) in [7, 11) is 0. The number of carbonyl (C=O) groups excluding carboxylic acids is 1. The molecule has 0 saturated heterocycles. The van der Waals surface area contributed by atoms with Gasteiger partial charge in [-0.2, -0.15) is 0 Å². The second kappa shape index (κ2) is 8.35. The van der Waals surface area contributed by atoms with Gasteiger partial charge in [0.05, 0.1) is 10.5 Å². The molecule has 2 aromatic heterocycles. The van der Waals surface area contributed by atoms with Crippen molar-refractivity contribution in [3.05, 3.63) is 82.2 Å². The number of carbonyl (C=O) groups is 2. The lowest BCUT2D eigenvalue weighted by Crippen LogP contribution is -2.21. The third-order valence-corrected chi connectivity index (χ3v) is 5.63. The number of rotatable bonds is 5. The average molecular weight is 465 g/mol. The van der Waals surface area contributed by atoms with Gasteiger partial charge in [-0.3, -0.25) is 9.36 Å². The number of aliphatic carboxylic acids is 1. The maximum absolute atomic E-state index is 13.8. The number of carboxylic acid groups (broad SMARTS) is 1. The zero-order valence-electron chi connectivity index (χ0n) is 18.2. The summed E-state index contributed by atoms with van der Waals surface area (Å²) in [6.07, 6.45) is 4.10. The molecule has 2 heterocycles. The molecule has 7 nitrogen and oxygen atoms in total. The fourth-order valence-electron chi connectivity index (χ4n) is 3.80. The van der Waals surface area contributed by atoms with Crippen LogP contribution in [0.25, 0.3) is 28.2 Å². The van der Waals surface area contributed by atoms with Crippen molar-refractivity contribution >= 4 is 40.5 Å². The second-order valence-corrected chi connectivity index (χ2v) is 8.58. The fraction of sp³-hybridized carbons (Fsp3) is 0.160. The number of carboxylic acids is 1. The van der Waals surface area contributed by atoms with Gasteiger partial charge < -0.3 is 14.7 Å². The summed E-state index contributed by atoms with van der Waals surface area (Å²) >= 11 is 6.45. The molecular weight excluding hydrogens is 444 g/mol. The number of benzene rings is 2. The summed E-state index contributed by atoms with van der Waals surface area (Å²) in [5.41, 5.74) is 1.42. The van der Waals surface area contributed by atoms with Crippen molar-refractivity contribution in [2.75, 3.05) is 0 Å². The minimum atomic E-state index is -1.48. The Morgan fingerprint density at radius 3 is 2.55 bits per heavy atom. The normalized spacial score (nSPS) is 12.0. The summed E-state index contributed by atoms with van der Waals surface area (Å²) < 4.78 is 6.90. The molecular formula is C25H21ClN2O5. The van der Waals surface area contributed by atoms with Gasteiger partial charge in [-0.05, 0) is 56.2 Å². The molecule has 168 valence electrons. The van der Waals surface area contributed by atoms with Crippen molar-refractivity contribution in [2.45, 2.75) is 26.4 Å². The molecule has 0 aliphatic carbocycles. The van der Waals surface area contributed by atoms with Crippen LogP contribution in [0.4, 0.5) is 0 Å². The van der Waals surface area contributed by atoms with Gasteiger partial charge >= 0.3 is 5.97 Å². The first-order valence-corrected chi connectivity index (χ1v) is 10.5. The largest absolute Gasteiger partial charge is 0.478 e. The first kappa shape index (κ1) is 22.5. The predicted octanol–water partition coefficient (Wildman–Crippen LogP) is 5.27. The third-order valence-electron chi connectivity index (χ3n) is 5.31. The number of hydrogen-bond donors (Lipinski definition) is 2. The van der Waals surface area contributed by atoms with Crippen molar-refractivity contribution in [1.29, 1.82) is 0 Å². The van der Waals surface area contributed by atoms with E-state index in [1.165, 1.54) is 24.5 Å². The Morgan fingerprint density at radius 2 is 1.88 bits per heavy atom. The second-order valence-electron chi connectivity index (χ2n) is 8.17. The van der Waals surface area contributed by atoms with E-state index in [-0.39, 0.29) is 17.0 Å². The zero-order valence-corrected chi connectivity index (χ0v) is 18.9. The van der Waals surface area contributed by atoms with E-state index in [4.69, 9.17) is 21.2 Å². The molecule has 0 spiro atoms. The fourth-order valence-corrected chi connectivity index (χ4v) is 4.12. The maximum Gasteiger partial charge on any atom is 0.328 e. The molecule has 0 radical (unpaired) electrons. The highest BCUT2D eigenvalue weighted by Crippen LogP contribution is 2.38. The van der Waals surface area contributed by atoms with Crippen LogP contribution in [0.15, 0.2) is 59.3 Å². The molecule has 0 atom stereocenters. The van der Waals surface area contributed by atoms with E-state index in [9.17, 15) is 14.7 Å². The number of aromatic nitrogens is 2. The van der Waals surface area contributed by atoms with Crippen LogP contribution in [0.3, 0.4) is 0 Å². The first-order valence-electron chi connectivity index (χ1n) is 10.1. The lowest BCUT2D eigenvalue weighted by Gasteiger charge is -2.16. The van der Waals surface area contributed by atoms with Gasteiger partial charge in [0, 0.05) is 23.2 Å². The highest BCUT2D eigenvalue weighted by Gasteiger charge is 2.35. The number of nitrogens with zero attached hydrogens (tertiary/aromatic N) is 2. The lowest BCUT2D eigenvalue weighted by molar-refractivity contribution is -0.131. The summed E-state index contributed by atoms with van der Waals surface area (Å²) in [4.78, 5) is 24.8. The average Bonchev–Trinajstić information content (AvgIpc) is 3.36. The Labute approximate surface area is 194 Å². The van der Waals surface area contributed by atoms with E-state index in [2.05, 4.69) is 5.16 Å². The summed E-state index contributed by atoms with van der Waals surface area (Å²) in [5, 5.41) is 24.9. The third kappa shape index (κ3) is 4.08. The van der Waals surface area contributed by atoms with Crippen molar-refractivity contribution in [2.24, 2.45) is 0 Å². The standard InChI is InChI=1S/C25H21ClN2O5/c1-14-6-4-8-17(26)20(14)22-21(23(33-27-22)25(2,3)32)24(31)28-13-12-16-15(10-11-19(29)30)7-5-9-18(16)28/h4-13,32H,1-3H3,(H,29,30)/b11-10+. The topological polar surface area (TPSA) is 106 Å². The number of fused-ring (bicyclic) bond motifs is 1. The molecule has 2 aromatic carbocycles. The minimum Gasteiger partial charge on any atom is -0.478 e.